The van der Waals surface area contributed by atoms with E-state index in [1.54, 1.807) is 0 Å². The predicted molar refractivity (Wildman–Crippen MR) is 64.8 cm³/mol. The lowest BCUT2D eigenvalue weighted by Gasteiger charge is -2.09. The first-order valence-electron chi connectivity index (χ1n) is 5.41. The summed E-state index contributed by atoms with van der Waals surface area (Å²) in [6, 6.07) is 2.87. The first kappa shape index (κ1) is 16.4. The average Bonchev–Trinajstić information content (AvgIpc) is 2.96. The SMILES string of the molecule is Cl.FC(F)n1nccc1CNCc1ccnn1C(F)F. The van der Waals surface area contributed by atoms with Crippen LogP contribution < -0.4 is 5.32 Å². The van der Waals surface area contributed by atoms with Crippen LogP contribution in [-0.4, -0.2) is 19.6 Å². The Morgan fingerprint density at radius 3 is 1.65 bits per heavy atom. The number of hydrogen-bond acceptors (Lipinski definition) is 3. The van der Waals surface area contributed by atoms with E-state index in [-0.39, 0.29) is 36.9 Å². The maximum atomic E-state index is 12.5. The Labute approximate surface area is 118 Å². The molecule has 0 unspecified atom stereocenters. The summed E-state index contributed by atoms with van der Waals surface area (Å²) in [6.45, 7) is -5.26. The van der Waals surface area contributed by atoms with Crippen molar-refractivity contribution in [1.29, 1.82) is 0 Å². The summed E-state index contributed by atoms with van der Waals surface area (Å²) >= 11 is 0. The first-order chi connectivity index (χ1) is 9.09. The summed E-state index contributed by atoms with van der Waals surface area (Å²) in [5.74, 6) is 0. The zero-order chi connectivity index (χ0) is 13.8. The van der Waals surface area contributed by atoms with Crippen molar-refractivity contribution >= 4 is 12.4 Å². The monoisotopic (exact) mass is 313 g/mol. The molecule has 0 aliphatic carbocycles. The van der Waals surface area contributed by atoms with Gasteiger partial charge in [0.25, 0.3) is 0 Å². The fourth-order valence-corrected chi connectivity index (χ4v) is 1.63. The Bertz CT molecular complexity index is 481. The zero-order valence-corrected chi connectivity index (χ0v) is 10.9. The Morgan fingerprint density at radius 1 is 0.900 bits per heavy atom. The van der Waals surface area contributed by atoms with E-state index < -0.39 is 13.1 Å². The van der Waals surface area contributed by atoms with Crippen LogP contribution in [0.5, 0.6) is 0 Å². The molecule has 0 saturated carbocycles. The fourth-order valence-electron chi connectivity index (χ4n) is 1.63. The van der Waals surface area contributed by atoms with Crippen LogP contribution in [0.15, 0.2) is 24.5 Å². The Morgan fingerprint density at radius 2 is 1.30 bits per heavy atom. The highest BCUT2D eigenvalue weighted by Crippen LogP contribution is 2.13. The van der Waals surface area contributed by atoms with Crippen LogP contribution in [0.1, 0.15) is 24.5 Å². The third-order valence-corrected chi connectivity index (χ3v) is 2.49. The molecular formula is C10H12ClF4N5. The molecule has 2 rings (SSSR count). The molecular weight excluding hydrogens is 302 g/mol. The second kappa shape index (κ2) is 7.25. The van der Waals surface area contributed by atoms with Gasteiger partial charge in [-0.05, 0) is 12.1 Å². The normalized spacial score (nSPS) is 11.1. The Balaban J connectivity index is 0.00000200. The molecule has 20 heavy (non-hydrogen) atoms. The third kappa shape index (κ3) is 3.70. The van der Waals surface area contributed by atoms with E-state index in [9.17, 15) is 17.6 Å². The molecule has 5 nitrogen and oxygen atoms in total. The van der Waals surface area contributed by atoms with Crippen LogP contribution in [0.2, 0.25) is 0 Å². The van der Waals surface area contributed by atoms with Gasteiger partial charge in [0.2, 0.25) is 0 Å². The van der Waals surface area contributed by atoms with Crippen molar-refractivity contribution in [3.63, 3.8) is 0 Å². The summed E-state index contributed by atoms with van der Waals surface area (Å²) in [5, 5.41) is 9.72. The van der Waals surface area contributed by atoms with E-state index in [0.717, 1.165) is 0 Å². The molecule has 112 valence electrons. The van der Waals surface area contributed by atoms with E-state index >= 15 is 0 Å². The number of nitrogens with one attached hydrogen (secondary N) is 1. The molecule has 0 bridgehead atoms. The van der Waals surface area contributed by atoms with Gasteiger partial charge in [-0.25, -0.2) is 9.36 Å². The topological polar surface area (TPSA) is 47.7 Å². The third-order valence-electron chi connectivity index (χ3n) is 2.49. The highest BCUT2D eigenvalue weighted by atomic mass is 35.5. The fraction of sp³-hybridized carbons (Fsp3) is 0.400. The lowest BCUT2D eigenvalue weighted by atomic mass is 10.4. The highest BCUT2D eigenvalue weighted by Gasteiger charge is 2.13. The van der Waals surface area contributed by atoms with E-state index in [2.05, 4.69) is 15.5 Å². The number of nitrogens with zero attached hydrogens (tertiary/aromatic N) is 4. The Hall–Kier alpha value is -1.61. The summed E-state index contributed by atoms with van der Waals surface area (Å²) in [5.41, 5.74) is 0.552. The lowest BCUT2D eigenvalue weighted by molar-refractivity contribution is 0.0522. The van der Waals surface area contributed by atoms with Crippen LogP contribution >= 0.6 is 12.4 Å². The molecule has 10 heteroatoms. The molecule has 2 aromatic heterocycles. The second-order valence-electron chi connectivity index (χ2n) is 3.69. The molecule has 0 aromatic carbocycles. The average molecular weight is 314 g/mol. The Kier molecular flexibility index (Phi) is 5.96. The van der Waals surface area contributed by atoms with Crippen LogP contribution in [0.4, 0.5) is 17.6 Å². The smallest absolute Gasteiger partial charge is 0.306 e. The molecule has 0 radical (unpaired) electrons. The van der Waals surface area contributed by atoms with Gasteiger partial charge in [0.05, 0.1) is 11.4 Å². The number of rotatable bonds is 6. The quantitative estimate of drug-likeness (QED) is 0.834. The highest BCUT2D eigenvalue weighted by molar-refractivity contribution is 5.85. The van der Waals surface area contributed by atoms with E-state index in [4.69, 9.17) is 0 Å². The van der Waals surface area contributed by atoms with Crippen molar-refractivity contribution in [3.8, 4) is 0 Å². The zero-order valence-electron chi connectivity index (χ0n) is 10.1. The van der Waals surface area contributed by atoms with Gasteiger partial charge < -0.3 is 5.32 Å². The van der Waals surface area contributed by atoms with Gasteiger partial charge in [0, 0.05) is 25.5 Å². The van der Waals surface area contributed by atoms with Crippen molar-refractivity contribution in [2.75, 3.05) is 0 Å². The van der Waals surface area contributed by atoms with Crippen LogP contribution in [0.25, 0.3) is 0 Å². The van der Waals surface area contributed by atoms with Crippen LogP contribution in [-0.2, 0) is 13.1 Å². The predicted octanol–water partition coefficient (Wildman–Crippen LogP) is 2.58. The number of hydrogen-bond donors (Lipinski definition) is 1. The van der Waals surface area contributed by atoms with E-state index in [1.807, 2.05) is 0 Å². The van der Waals surface area contributed by atoms with Crippen LogP contribution in [0, 0.1) is 0 Å². The van der Waals surface area contributed by atoms with Gasteiger partial charge in [-0.2, -0.15) is 27.8 Å². The van der Waals surface area contributed by atoms with Crippen molar-refractivity contribution in [1.82, 2.24) is 24.9 Å². The van der Waals surface area contributed by atoms with Crippen molar-refractivity contribution in [3.05, 3.63) is 35.9 Å². The van der Waals surface area contributed by atoms with Gasteiger partial charge in [-0.3, -0.25) is 0 Å². The van der Waals surface area contributed by atoms with E-state index in [0.29, 0.717) is 9.36 Å². The summed E-state index contributed by atoms with van der Waals surface area (Å²) in [6.07, 6.45) is 2.51. The van der Waals surface area contributed by atoms with E-state index in [1.165, 1.54) is 24.5 Å². The molecule has 2 aromatic rings. The minimum atomic E-state index is -2.72. The van der Waals surface area contributed by atoms with Crippen molar-refractivity contribution in [2.24, 2.45) is 0 Å². The largest absolute Gasteiger partial charge is 0.333 e. The maximum absolute atomic E-state index is 12.5. The summed E-state index contributed by atoms with van der Waals surface area (Å²) < 4.78 is 51.1. The second-order valence-corrected chi connectivity index (χ2v) is 3.69. The number of halogens is 5. The van der Waals surface area contributed by atoms with Gasteiger partial charge in [0.15, 0.2) is 0 Å². The first-order valence-corrected chi connectivity index (χ1v) is 5.41. The summed E-state index contributed by atoms with van der Waals surface area (Å²) in [7, 11) is 0. The molecule has 1 N–H and O–H groups in total. The maximum Gasteiger partial charge on any atom is 0.333 e. The molecule has 0 aliphatic rings. The lowest BCUT2D eigenvalue weighted by Crippen LogP contribution is -2.19. The molecule has 2 heterocycles. The van der Waals surface area contributed by atoms with Crippen LogP contribution in [0.3, 0.4) is 0 Å². The minimum absolute atomic E-state index is 0. The van der Waals surface area contributed by atoms with Crippen molar-refractivity contribution in [2.45, 2.75) is 26.2 Å². The molecule has 0 fully saturated rings. The molecule has 0 atom stereocenters. The summed E-state index contributed by atoms with van der Waals surface area (Å²) in [4.78, 5) is 0. The molecule has 0 aliphatic heterocycles. The van der Waals surface area contributed by atoms with Crippen molar-refractivity contribution < 1.29 is 17.6 Å². The van der Waals surface area contributed by atoms with Gasteiger partial charge in [-0.15, -0.1) is 12.4 Å². The number of aromatic nitrogens is 4. The minimum Gasteiger partial charge on any atom is -0.306 e. The van der Waals surface area contributed by atoms with Gasteiger partial charge in [0.1, 0.15) is 0 Å². The number of alkyl halides is 4. The molecule has 0 amide bonds. The van der Waals surface area contributed by atoms with Gasteiger partial charge in [-0.1, -0.05) is 0 Å². The molecule has 0 spiro atoms. The molecule has 0 saturated heterocycles. The van der Waals surface area contributed by atoms with Gasteiger partial charge >= 0.3 is 13.1 Å². The standard InChI is InChI=1S/C10H11F4N5.ClH/c11-9(12)18-7(1-3-16-18)5-15-6-8-2-4-17-19(8)10(13)14;/h1-4,9-10,15H,5-6H2;1H.